The van der Waals surface area contributed by atoms with Crippen molar-refractivity contribution >= 4 is 5.91 Å². The number of hydroxylamine groups is 2. The van der Waals surface area contributed by atoms with Crippen LogP contribution < -0.4 is 0 Å². The van der Waals surface area contributed by atoms with Crippen LogP contribution in [0.2, 0.25) is 0 Å². The molecule has 18 heavy (non-hydrogen) atoms. The number of hydrogen-bond donors (Lipinski definition) is 0. The van der Waals surface area contributed by atoms with E-state index in [0.29, 0.717) is 6.42 Å². The molecule has 0 aliphatic rings. The Kier molecular flexibility index (Phi) is 5.10. The molecule has 0 aromatic heterocycles. The molecule has 1 rings (SSSR count). The average Bonchev–Trinajstić information content (AvgIpc) is 2.35. The molecule has 1 aromatic rings. The van der Waals surface area contributed by atoms with Crippen LogP contribution >= 0.6 is 0 Å². The normalized spacial score (nSPS) is 12.0. The van der Waals surface area contributed by atoms with E-state index in [1.165, 1.54) is 17.7 Å². The van der Waals surface area contributed by atoms with Gasteiger partial charge in [-0.15, -0.1) is 6.58 Å². The smallest absolute Gasteiger partial charge is 0.253 e. The van der Waals surface area contributed by atoms with Crippen molar-refractivity contribution in [3.05, 3.63) is 47.5 Å². The van der Waals surface area contributed by atoms with E-state index >= 15 is 0 Å². The standard InChI is InChI=1S/C15H21NO2/c1-11(2)10-14(15(17)16(4)18-5)13-8-6-12(3)7-9-13/h6-9,14H,1,10H2,2-5H3. The summed E-state index contributed by atoms with van der Waals surface area (Å²) in [5.74, 6) is -0.280. The Balaban J connectivity index is 3.01. The second-order valence-electron chi connectivity index (χ2n) is 4.64. The number of carbonyl (C=O) groups excluding carboxylic acids is 1. The topological polar surface area (TPSA) is 29.5 Å². The van der Waals surface area contributed by atoms with Gasteiger partial charge in [-0.2, -0.15) is 0 Å². The van der Waals surface area contributed by atoms with Gasteiger partial charge in [0.15, 0.2) is 0 Å². The summed E-state index contributed by atoms with van der Waals surface area (Å²) in [5, 5.41) is 1.27. The van der Waals surface area contributed by atoms with E-state index in [1.807, 2.05) is 38.1 Å². The quantitative estimate of drug-likeness (QED) is 0.591. The summed E-state index contributed by atoms with van der Waals surface area (Å²) in [6.07, 6.45) is 0.635. The van der Waals surface area contributed by atoms with Crippen molar-refractivity contribution in [2.75, 3.05) is 14.2 Å². The Bertz CT molecular complexity index is 423. The Morgan fingerprint density at radius 2 is 1.94 bits per heavy atom. The monoisotopic (exact) mass is 247 g/mol. The van der Waals surface area contributed by atoms with E-state index in [9.17, 15) is 4.79 Å². The summed E-state index contributed by atoms with van der Waals surface area (Å²) in [4.78, 5) is 17.2. The number of allylic oxidation sites excluding steroid dienone is 1. The molecule has 0 heterocycles. The minimum atomic E-state index is -0.229. The first-order valence-electron chi connectivity index (χ1n) is 5.98. The lowest BCUT2D eigenvalue weighted by Gasteiger charge is -2.22. The van der Waals surface area contributed by atoms with Crippen molar-refractivity contribution in [1.29, 1.82) is 0 Å². The van der Waals surface area contributed by atoms with Gasteiger partial charge < -0.3 is 0 Å². The Labute approximate surface area is 109 Å². The highest BCUT2D eigenvalue weighted by atomic mass is 16.7. The van der Waals surface area contributed by atoms with Crippen LogP contribution in [0, 0.1) is 6.92 Å². The predicted octanol–water partition coefficient (Wildman–Crippen LogP) is 3.06. The number of carbonyl (C=O) groups is 1. The largest absolute Gasteiger partial charge is 0.275 e. The molecule has 0 N–H and O–H groups in total. The average molecular weight is 247 g/mol. The van der Waals surface area contributed by atoms with Crippen molar-refractivity contribution in [2.45, 2.75) is 26.2 Å². The molecular formula is C15H21NO2. The van der Waals surface area contributed by atoms with Gasteiger partial charge in [0.1, 0.15) is 0 Å². The zero-order valence-electron chi connectivity index (χ0n) is 11.6. The molecule has 1 atom stereocenters. The predicted molar refractivity (Wildman–Crippen MR) is 73.1 cm³/mol. The van der Waals surface area contributed by atoms with E-state index in [0.717, 1.165) is 11.1 Å². The van der Waals surface area contributed by atoms with E-state index in [4.69, 9.17) is 4.84 Å². The van der Waals surface area contributed by atoms with E-state index < -0.39 is 0 Å². The van der Waals surface area contributed by atoms with Crippen molar-refractivity contribution in [3.63, 3.8) is 0 Å². The highest BCUT2D eigenvalue weighted by Gasteiger charge is 2.24. The van der Waals surface area contributed by atoms with E-state index in [2.05, 4.69) is 6.58 Å². The maximum absolute atomic E-state index is 12.3. The maximum Gasteiger partial charge on any atom is 0.253 e. The summed E-state index contributed by atoms with van der Waals surface area (Å²) in [5.41, 5.74) is 3.16. The Morgan fingerprint density at radius 1 is 1.39 bits per heavy atom. The lowest BCUT2D eigenvalue weighted by atomic mass is 9.91. The number of likely N-dealkylation sites (N-methyl/N-ethyl adjacent to an activating group) is 1. The minimum absolute atomic E-state index is 0.0515. The fraction of sp³-hybridized carbons (Fsp3) is 0.400. The van der Waals surface area contributed by atoms with Crippen molar-refractivity contribution < 1.29 is 9.63 Å². The third-order valence-corrected chi connectivity index (χ3v) is 2.91. The van der Waals surface area contributed by atoms with Gasteiger partial charge in [0.25, 0.3) is 5.91 Å². The molecule has 1 aromatic carbocycles. The molecule has 0 aliphatic heterocycles. The molecule has 0 radical (unpaired) electrons. The Hall–Kier alpha value is -1.61. The van der Waals surface area contributed by atoms with Crippen molar-refractivity contribution in [1.82, 2.24) is 5.06 Å². The third-order valence-electron chi connectivity index (χ3n) is 2.91. The molecule has 3 nitrogen and oxygen atoms in total. The molecule has 0 fully saturated rings. The van der Waals surface area contributed by atoms with Crippen molar-refractivity contribution in [3.8, 4) is 0 Å². The van der Waals surface area contributed by atoms with Crippen LogP contribution in [0.25, 0.3) is 0 Å². The number of benzene rings is 1. The lowest BCUT2D eigenvalue weighted by Crippen LogP contribution is -2.31. The molecule has 0 spiro atoms. The van der Waals surface area contributed by atoms with Crippen LogP contribution in [0.5, 0.6) is 0 Å². The lowest BCUT2D eigenvalue weighted by molar-refractivity contribution is -0.170. The summed E-state index contributed by atoms with van der Waals surface area (Å²) >= 11 is 0. The first-order chi connectivity index (χ1) is 8.45. The van der Waals surface area contributed by atoms with Crippen LogP contribution in [-0.4, -0.2) is 25.1 Å². The van der Waals surface area contributed by atoms with E-state index in [1.54, 1.807) is 7.05 Å². The van der Waals surface area contributed by atoms with Crippen LogP contribution in [0.4, 0.5) is 0 Å². The van der Waals surface area contributed by atoms with Gasteiger partial charge in [-0.05, 0) is 25.8 Å². The van der Waals surface area contributed by atoms with Crippen LogP contribution in [0.15, 0.2) is 36.4 Å². The van der Waals surface area contributed by atoms with Crippen LogP contribution in [0.1, 0.15) is 30.4 Å². The molecule has 3 heteroatoms. The molecule has 98 valence electrons. The molecule has 0 saturated heterocycles. The van der Waals surface area contributed by atoms with Crippen LogP contribution in [0.3, 0.4) is 0 Å². The molecule has 0 bridgehead atoms. The van der Waals surface area contributed by atoms with Gasteiger partial charge in [0.05, 0.1) is 13.0 Å². The second-order valence-corrected chi connectivity index (χ2v) is 4.64. The number of hydrogen-bond acceptors (Lipinski definition) is 2. The minimum Gasteiger partial charge on any atom is -0.275 e. The second kappa shape index (κ2) is 6.36. The Morgan fingerprint density at radius 3 is 2.39 bits per heavy atom. The molecule has 0 aliphatic carbocycles. The van der Waals surface area contributed by atoms with Gasteiger partial charge >= 0.3 is 0 Å². The highest BCUT2D eigenvalue weighted by Crippen LogP contribution is 2.25. The van der Waals surface area contributed by atoms with E-state index in [-0.39, 0.29) is 11.8 Å². The van der Waals surface area contributed by atoms with Crippen LogP contribution in [-0.2, 0) is 9.63 Å². The zero-order valence-corrected chi connectivity index (χ0v) is 11.6. The van der Waals surface area contributed by atoms with Crippen molar-refractivity contribution in [2.24, 2.45) is 0 Å². The van der Waals surface area contributed by atoms with Gasteiger partial charge in [-0.25, -0.2) is 5.06 Å². The maximum atomic E-state index is 12.3. The molecule has 1 amide bonds. The fourth-order valence-electron chi connectivity index (χ4n) is 1.80. The molecule has 0 saturated carbocycles. The summed E-state index contributed by atoms with van der Waals surface area (Å²) in [6, 6.07) is 8.01. The van der Waals surface area contributed by atoms with Gasteiger partial charge in [0.2, 0.25) is 0 Å². The SMILES string of the molecule is C=C(C)CC(C(=O)N(C)OC)c1ccc(C)cc1. The number of nitrogens with zero attached hydrogens (tertiary/aromatic N) is 1. The zero-order chi connectivity index (χ0) is 13.7. The van der Waals surface area contributed by atoms with Gasteiger partial charge in [0, 0.05) is 7.05 Å². The summed E-state index contributed by atoms with van der Waals surface area (Å²) in [7, 11) is 3.12. The first-order valence-corrected chi connectivity index (χ1v) is 5.98. The molecule has 1 unspecified atom stereocenters. The highest BCUT2D eigenvalue weighted by molar-refractivity contribution is 5.83. The molecular weight excluding hydrogens is 226 g/mol. The number of rotatable bonds is 5. The third kappa shape index (κ3) is 3.70. The van der Waals surface area contributed by atoms with Gasteiger partial charge in [-0.3, -0.25) is 9.63 Å². The summed E-state index contributed by atoms with van der Waals surface area (Å²) < 4.78 is 0. The first kappa shape index (κ1) is 14.5. The fourth-order valence-corrected chi connectivity index (χ4v) is 1.80. The summed E-state index contributed by atoms with van der Waals surface area (Å²) in [6.45, 7) is 7.85. The van der Waals surface area contributed by atoms with Gasteiger partial charge in [-0.1, -0.05) is 35.4 Å². The number of amides is 1. The number of aryl methyl sites for hydroxylation is 1.